The summed E-state index contributed by atoms with van der Waals surface area (Å²) in [6.07, 6.45) is -0.988. The van der Waals surface area contributed by atoms with E-state index in [-0.39, 0.29) is 24.4 Å². The molecule has 52 heavy (non-hydrogen) atoms. The number of rotatable bonds is 11. The molecule has 10 heteroatoms. The van der Waals surface area contributed by atoms with E-state index < -0.39 is 23.6 Å². The number of hydrogen-bond acceptors (Lipinski definition) is 5. The van der Waals surface area contributed by atoms with Crippen molar-refractivity contribution in [2.24, 2.45) is 5.92 Å². The van der Waals surface area contributed by atoms with Gasteiger partial charge in [-0.2, -0.15) is 13.2 Å². The number of carbonyl (C=O) groups is 2. The lowest BCUT2D eigenvalue weighted by molar-refractivity contribution is -0.138. The second-order valence-corrected chi connectivity index (χ2v) is 12.9. The van der Waals surface area contributed by atoms with Crippen molar-refractivity contribution < 1.29 is 22.8 Å². The molecule has 2 amide bonds. The fourth-order valence-electron chi connectivity index (χ4n) is 6.33. The predicted molar refractivity (Wildman–Crippen MR) is 195 cm³/mol. The van der Waals surface area contributed by atoms with Crippen LogP contribution in [-0.2, 0) is 35.3 Å². The molecule has 3 aromatic carbocycles. The molecule has 1 aliphatic rings. The third-order valence-electron chi connectivity index (χ3n) is 9.16. The van der Waals surface area contributed by atoms with Crippen molar-refractivity contribution in [3.05, 3.63) is 161 Å². The third-order valence-corrected chi connectivity index (χ3v) is 9.16. The normalized spacial score (nSPS) is 14.5. The molecule has 0 bridgehead atoms. The summed E-state index contributed by atoms with van der Waals surface area (Å²) in [5, 5.41) is 2.99. The molecule has 1 atom stereocenters. The van der Waals surface area contributed by atoms with E-state index in [0.29, 0.717) is 38.3 Å². The van der Waals surface area contributed by atoms with Crippen molar-refractivity contribution in [1.82, 2.24) is 25.1 Å². The Balaban J connectivity index is 1.26. The molecular weight excluding hydrogens is 663 g/mol. The summed E-state index contributed by atoms with van der Waals surface area (Å²) in [4.78, 5) is 41.7. The van der Waals surface area contributed by atoms with Crippen molar-refractivity contribution in [1.29, 1.82) is 0 Å². The highest BCUT2D eigenvalue weighted by molar-refractivity contribution is 6.04. The van der Waals surface area contributed by atoms with Gasteiger partial charge < -0.3 is 10.2 Å². The molecule has 5 aromatic rings. The van der Waals surface area contributed by atoms with Crippen molar-refractivity contribution in [3.8, 4) is 11.3 Å². The quantitative estimate of drug-likeness (QED) is 0.145. The third kappa shape index (κ3) is 9.58. The average Bonchev–Trinajstić information content (AvgIpc) is 3.16. The predicted octanol–water partition coefficient (Wildman–Crippen LogP) is 7.37. The fourth-order valence-corrected chi connectivity index (χ4v) is 6.33. The minimum Gasteiger partial charge on any atom is -0.348 e. The molecule has 1 N–H and O–H groups in total. The fraction of sp³-hybridized carbons (Fsp3) is 0.238. The van der Waals surface area contributed by atoms with Gasteiger partial charge in [-0.1, -0.05) is 78.9 Å². The number of hydrogen-bond donors (Lipinski definition) is 1. The second kappa shape index (κ2) is 16.6. The first-order chi connectivity index (χ1) is 25.1. The van der Waals surface area contributed by atoms with Crippen LogP contribution in [0.4, 0.5) is 13.2 Å². The zero-order chi connectivity index (χ0) is 36.5. The Hall–Kier alpha value is -5.61. The highest BCUT2D eigenvalue weighted by Crippen LogP contribution is 2.30. The summed E-state index contributed by atoms with van der Waals surface area (Å²) in [5.41, 5.74) is 5.16. The molecule has 7 nitrogen and oxygen atoms in total. The van der Waals surface area contributed by atoms with E-state index in [0.717, 1.165) is 45.9 Å². The van der Waals surface area contributed by atoms with Crippen LogP contribution in [0, 0.1) is 12.8 Å². The van der Waals surface area contributed by atoms with Crippen LogP contribution in [0.15, 0.2) is 127 Å². The first kappa shape index (κ1) is 36.2. The van der Waals surface area contributed by atoms with E-state index >= 15 is 0 Å². The molecule has 1 aliphatic heterocycles. The summed E-state index contributed by atoms with van der Waals surface area (Å²) >= 11 is 0. The zero-order valence-corrected chi connectivity index (χ0v) is 28.9. The smallest absolute Gasteiger partial charge is 0.348 e. The van der Waals surface area contributed by atoms with E-state index in [2.05, 4.69) is 20.2 Å². The van der Waals surface area contributed by atoms with Gasteiger partial charge in [0.25, 0.3) is 0 Å². The Kier molecular flexibility index (Phi) is 11.6. The number of nitrogens with zero attached hydrogens (tertiary/aromatic N) is 4. The average molecular weight is 704 g/mol. The maximum absolute atomic E-state index is 14.5. The first-order valence-electron chi connectivity index (χ1n) is 17.3. The maximum Gasteiger partial charge on any atom is 0.416 e. The van der Waals surface area contributed by atoms with Gasteiger partial charge in [-0.3, -0.25) is 24.5 Å². The number of aryl methyl sites for hydroxylation is 1. The molecule has 0 radical (unpaired) electrons. The van der Waals surface area contributed by atoms with Crippen molar-refractivity contribution in [2.45, 2.75) is 32.6 Å². The van der Waals surface area contributed by atoms with Gasteiger partial charge in [-0.05, 0) is 72.5 Å². The van der Waals surface area contributed by atoms with E-state index in [9.17, 15) is 22.8 Å². The Morgan fingerprint density at radius 3 is 2.17 bits per heavy atom. The van der Waals surface area contributed by atoms with Crippen LogP contribution in [0.1, 0.15) is 33.6 Å². The molecule has 266 valence electrons. The van der Waals surface area contributed by atoms with Gasteiger partial charge in [0.05, 0.1) is 22.9 Å². The molecule has 6 rings (SSSR count). The van der Waals surface area contributed by atoms with Gasteiger partial charge in [-0.25, -0.2) is 0 Å². The van der Waals surface area contributed by atoms with E-state index in [1.807, 2.05) is 97.9 Å². The second-order valence-electron chi connectivity index (χ2n) is 12.9. The minimum absolute atomic E-state index is 0.184. The van der Waals surface area contributed by atoms with Gasteiger partial charge in [0.1, 0.15) is 0 Å². The lowest BCUT2D eigenvalue weighted by atomic mass is 9.88. The van der Waals surface area contributed by atoms with Crippen LogP contribution in [0.5, 0.6) is 0 Å². The molecule has 0 spiro atoms. The summed E-state index contributed by atoms with van der Waals surface area (Å²) in [5.74, 6) is -1.56. The number of benzene rings is 3. The number of amides is 2. The van der Waals surface area contributed by atoms with Crippen LogP contribution in [0.3, 0.4) is 0 Å². The monoisotopic (exact) mass is 703 g/mol. The number of aromatic nitrogens is 2. The molecular formula is C42H40F3N5O2. The molecule has 1 fully saturated rings. The number of piperazine rings is 1. The number of alkyl halides is 3. The number of pyridine rings is 2. The zero-order valence-electron chi connectivity index (χ0n) is 28.9. The summed E-state index contributed by atoms with van der Waals surface area (Å²) in [7, 11) is 0. The molecule has 2 aromatic heterocycles. The Labute approximate surface area is 301 Å². The van der Waals surface area contributed by atoms with Crippen molar-refractivity contribution in [2.75, 3.05) is 26.2 Å². The minimum atomic E-state index is -4.50. The van der Waals surface area contributed by atoms with Gasteiger partial charge in [0.15, 0.2) is 0 Å². The van der Waals surface area contributed by atoms with Gasteiger partial charge in [0, 0.05) is 62.3 Å². The summed E-state index contributed by atoms with van der Waals surface area (Å²) in [6, 6.07) is 33.4. The topological polar surface area (TPSA) is 78.4 Å². The van der Waals surface area contributed by atoms with Crippen LogP contribution in [0.25, 0.3) is 17.3 Å². The molecule has 0 unspecified atom stereocenters. The van der Waals surface area contributed by atoms with Crippen LogP contribution >= 0.6 is 0 Å². The lowest BCUT2D eigenvalue weighted by Crippen LogP contribution is -2.51. The largest absolute Gasteiger partial charge is 0.416 e. The van der Waals surface area contributed by atoms with Crippen LogP contribution in [-0.4, -0.2) is 57.8 Å². The standard InChI is InChI=1S/C42H40F3N5O2/c1-30-8-7-11-36(48-30)29-49-22-24-50(25-23-49)41(52)38(27-31-9-3-2-4-10-31)37(26-32-15-19-35(20-16-32)42(43,44)45)40(51)47-28-33-13-17-34(18-14-33)39-12-5-6-21-46-39/h2-21,26,38H,22-25,27-29H2,1H3,(H,47,51)/t38-/m0/s1. The molecule has 1 saturated heterocycles. The Morgan fingerprint density at radius 2 is 1.52 bits per heavy atom. The SMILES string of the molecule is Cc1cccc(CN2CCN(C(=O)[C@@H](Cc3ccccc3)C(=Cc3ccc(C(F)(F)F)cc3)C(=O)NCc3ccc(-c4ccccn4)cc3)CC2)n1. The van der Waals surface area contributed by atoms with Gasteiger partial charge in [-0.15, -0.1) is 0 Å². The Morgan fingerprint density at radius 1 is 0.808 bits per heavy atom. The van der Waals surface area contributed by atoms with Gasteiger partial charge in [0.2, 0.25) is 11.8 Å². The summed E-state index contributed by atoms with van der Waals surface area (Å²) in [6.45, 7) is 5.01. The number of halogens is 3. The van der Waals surface area contributed by atoms with Crippen LogP contribution < -0.4 is 5.32 Å². The van der Waals surface area contributed by atoms with Crippen molar-refractivity contribution in [3.63, 3.8) is 0 Å². The van der Waals surface area contributed by atoms with Crippen LogP contribution in [0.2, 0.25) is 0 Å². The Bertz CT molecular complexity index is 1980. The van der Waals surface area contributed by atoms with E-state index in [4.69, 9.17) is 0 Å². The highest BCUT2D eigenvalue weighted by Gasteiger charge is 2.34. The number of nitrogens with one attached hydrogen (secondary N) is 1. The van der Waals surface area contributed by atoms with E-state index in [1.54, 1.807) is 17.2 Å². The van der Waals surface area contributed by atoms with Crippen molar-refractivity contribution >= 4 is 17.9 Å². The lowest BCUT2D eigenvalue weighted by Gasteiger charge is -2.36. The first-order valence-corrected chi connectivity index (χ1v) is 17.3. The van der Waals surface area contributed by atoms with Gasteiger partial charge >= 0.3 is 6.18 Å². The van der Waals surface area contributed by atoms with E-state index in [1.165, 1.54) is 12.1 Å². The number of carbonyl (C=O) groups excluding carboxylic acids is 2. The maximum atomic E-state index is 14.5. The molecule has 0 aliphatic carbocycles. The molecule has 3 heterocycles. The summed E-state index contributed by atoms with van der Waals surface area (Å²) < 4.78 is 40.2. The highest BCUT2D eigenvalue weighted by atomic mass is 19.4. The molecule has 0 saturated carbocycles.